The fourth-order valence-corrected chi connectivity index (χ4v) is 2.81. The van der Waals surface area contributed by atoms with Crippen LogP contribution in [0.25, 0.3) is 0 Å². The highest BCUT2D eigenvalue weighted by molar-refractivity contribution is 7.80. The van der Waals surface area contributed by atoms with Crippen molar-refractivity contribution >= 4 is 17.2 Å². The maximum atomic E-state index is 8.97. The number of hydrogen-bond acceptors (Lipinski definition) is 3. The quantitative estimate of drug-likeness (QED) is 0.792. The molecule has 0 radical (unpaired) electrons. The number of rotatable bonds is 5. The Kier molecular flexibility index (Phi) is 4.69. The molecule has 1 heterocycles. The van der Waals surface area contributed by atoms with Gasteiger partial charge in [0.05, 0.1) is 0 Å². The largest absolute Gasteiger partial charge is 0.396 e. The van der Waals surface area contributed by atoms with Crippen molar-refractivity contribution in [3.63, 3.8) is 0 Å². The van der Waals surface area contributed by atoms with E-state index in [1.807, 2.05) is 18.2 Å². The molecule has 1 fully saturated rings. The zero-order valence-electron chi connectivity index (χ0n) is 10.5. The van der Waals surface area contributed by atoms with Gasteiger partial charge in [0.2, 0.25) is 0 Å². The molecule has 0 bridgehead atoms. The van der Waals surface area contributed by atoms with Crippen LogP contribution in [-0.2, 0) is 6.54 Å². The SMILES string of the molecule is NC(=S)c1ccccc1CN1CCC(CCO)C1. The van der Waals surface area contributed by atoms with Crippen molar-refractivity contribution in [1.29, 1.82) is 0 Å². The highest BCUT2D eigenvalue weighted by atomic mass is 32.1. The molecule has 1 saturated heterocycles. The summed E-state index contributed by atoms with van der Waals surface area (Å²) in [7, 11) is 0. The summed E-state index contributed by atoms with van der Waals surface area (Å²) in [6, 6.07) is 8.07. The zero-order chi connectivity index (χ0) is 13.0. The second-order valence-corrected chi connectivity index (χ2v) is 5.36. The van der Waals surface area contributed by atoms with Crippen LogP contribution in [0.5, 0.6) is 0 Å². The molecular weight excluding hydrogens is 244 g/mol. The summed E-state index contributed by atoms with van der Waals surface area (Å²) in [5.41, 5.74) is 7.93. The van der Waals surface area contributed by atoms with E-state index in [9.17, 15) is 0 Å². The molecule has 0 aromatic heterocycles. The lowest BCUT2D eigenvalue weighted by molar-refractivity contribution is 0.249. The minimum atomic E-state index is 0.294. The van der Waals surface area contributed by atoms with Crippen LogP contribution in [0.2, 0.25) is 0 Å². The highest BCUT2D eigenvalue weighted by Crippen LogP contribution is 2.22. The molecule has 1 atom stereocenters. The van der Waals surface area contributed by atoms with Gasteiger partial charge >= 0.3 is 0 Å². The smallest absolute Gasteiger partial charge is 0.104 e. The Morgan fingerprint density at radius 2 is 2.22 bits per heavy atom. The number of aliphatic hydroxyl groups is 1. The second-order valence-electron chi connectivity index (χ2n) is 4.92. The lowest BCUT2D eigenvalue weighted by atomic mass is 10.1. The first-order valence-electron chi connectivity index (χ1n) is 6.41. The van der Waals surface area contributed by atoms with Gasteiger partial charge in [-0.25, -0.2) is 0 Å². The third kappa shape index (κ3) is 3.28. The molecule has 1 aliphatic heterocycles. The van der Waals surface area contributed by atoms with E-state index in [1.54, 1.807) is 0 Å². The normalized spacial score (nSPS) is 20.2. The van der Waals surface area contributed by atoms with Gasteiger partial charge in [0.25, 0.3) is 0 Å². The topological polar surface area (TPSA) is 49.5 Å². The van der Waals surface area contributed by atoms with Crippen LogP contribution in [0.4, 0.5) is 0 Å². The average molecular weight is 264 g/mol. The standard InChI is InChI=1S/C14H20N2OS/c15-14(18)13-4-2-1-3-12(13)10-16-7-5-11(9-16)6-8-17/h1-4,11,17H,5-10H2,(H2,15,18). The third-order valence-corrected chi connectivity index (χ3v) is 3.80. The maximum Gasteiger partial charge on any atom is 0.104 e. The van der Waals surface area contributed by atoms with Crippen molar-refractivity contribution in [3.05, 3.63) is 35.4 Å². The number of nitrogens with two attached hydrogens (primary N) is 1. The molecule has 1 unspecified atom stereocenters. The van der Waals surface area contributed by atoms with Gasteiger partial charge in [-0.2, -0.15) is 0 Å². The van der Waals surface area contributed by atoms with Crippen molar-refractivity contribution in [2.24, 2.45) is 11.7 Å². The molecule has 2 rings (SSSR count). The number of likely N-dealkylation sites (tertiary alicyclic amines) is 1. The minimum Gasteiger partial charge on any atom is -0.396 e. The Morgan fingerprint density at radius 3 is 2.94 bits per heavy atom. The lowest BCUT2D eigenvalue weighted by Crippen LogP contribution is -2.23. The predicted molar refractivity (Wildman–Crippen MR) is 77.4 cm³/mol. The van der Waals surface area contributed by atoms with Gasteiger partial charge in [0, 0.05) is 25.3 Å². The van der Waals surface area contributed by atoms with Gasteiger partial charge in [-0.15, -0.1) is 0 Å². The van der Waals surface area contributed by atoms with Crippen LogP contribution in [0, 0.1) is 5.92 Å². The molecule has 4 heteroatoms. The average Bonchev–Trinajstić information content (AvgIpc) is 2.77. The van der Waals surface area contributed by atoms with Crippen molar-refractivity contribution < 1.29 is 5.11 Å². The van der Waals surface area contributed by atoms with Crippen molar-refractivity contribution in [3.8, 4) is 0 Å². The molecule has 0 saturated carbocycles. The van der Waals surface area contributed by atoms with Crippen LogP contribution in [0.15, 0.2) is 24.3 Å². The van der Waals surface area contributed by atoms with Crippen LogP contribution < -0.4 is 5.73 Å². The molecule has 0 amide bonds. The van der Waals surface area contributed by atoms with Gasteiger partial charge in [-0.3, -0.25) is 4.90 Å². The molecule has 3 nitrogen and oxygen atoms in total. The summed E-state index contributed by atoms with van der Waals surface area (Å²) in [5, 5.41) is 8.97. The monoisotopic (exact) mass is 264 g/mol. The number of aliphatic hydroxyl groups excluding tert-OH is 1. The van der Waals surface area contributed by atoms with E-state index in [0.717, 1.165) is 31.6 Å². The summed E-state index contributed by atoms with van der Waals surface area (Å²) < 4.78 is 0. The van der Waals surface area contributed by atoms with E-state index in [0.29, 0.717) is 17.5 Å². The fourth-order valence-electron chi connectivity index (χ4n) is 2.61. The third-order valence-electron chi connectivity index (χ3n) is 3.58. The molecule has 0 aliphatic carbocycles. The summed E-state index contributed by atoms with van der Waals surface area (Å²) in [6.07, 6.45) is 2.09. The van der Waals surface area contributed by atoms with E-state index in [1.165, 1.54) is 12.0 Å². The molecule has 1 aliphatic rings. The van der Waals surface area contributed by atoms with Crippen LogP contribution in [-0.4, -0.2) is 34.7 Å². The zero-order valence-corrected chi connectivity index (χ0v) is 11.3. The minimum absolute atomic E-state index is 0.294. The molecule has 1 aromatic carbocycles. The van der Waals surface area contributed by atoms with Crippen LogP contribution in [0.3, 0.4) is 0 Å². The van der Waals surface area contributed by atoms with Gasteiger partial charge in [0.1, 0.15) is 4.99 Å². The second kappa shape index (κ2) is 6.27. The Balaban J connectivity index is 2.00. The van der Waals surface area contributed by atoms with Gasteiger partial charge in [0.15, 0.2) is 0 Å². The summed E-state index contributed by atoms with van der Waals surface area (Å²) in [6.45, 7) is 3.35. The van der Waals surface area contributed by atoms with Crippen LogP contribution >= 0.6 is 12.2 Å². The molecule has 3 N–H and O–H groups in total. The number of hydrogen-bond donors (Lipinski definition) is 2. The van der Waals surface area contributed by atoms with Crippen molar-refractivity contribution in [2.45, 2.75) is 19.4 Å². The Labute approximate surface area is 114 Å². The van der Waals surface area contributed by atoms with Crippen molar-refractivity contribution in [1.82, 2.24) is 4.90 Å². The van der Waals surface area contributed by atoms with E-state index < -0.39 is 0 Å². The first kappa shape index (κ1) is 13.5. The lowest BCUT2D eigenvalue weighted by Gasteiger charge is -2.18. The van der Waals surface area contributed by atoms with Crippen molar-refractivity contribution in [2.75, 3.05) is 19.7 Å². The molecule has 18 heavy (non-hydrogen) atoms. The maximum absolute atomic E-state index is 8.97. The Hall–Kier alpha value is -0.970. The van der Waals surface area contributed by atoms with Gasteiger partial charge in [-0.1, -0.05) is 36.5 Å². The molecule has 0 spiro atoms. The molecule has 1 aromatic rings. The first-order chi connectivity index (χ1) is 8.70. The van der Waals surface area contributed by atoms with E-state index in [-0.39, 0.29) is 0 Å². The van der Waals surface area contributed by atoms with Gasteiger partial charge in [-0.05, 0) is 30.9 Å². The first-order valence-corrected chi connectivity index (χ1v) is 6.82. The fraction of sp³-hybridized carbons (Fsp3) is 0.500. The molecular formula is C14H20N2OS. The number of thiocarbonyl (C=S) groups is 1. The van der Waals surface area contributed by atoms with Crippen LogP contribution in [0.1, 0.15) is 24.0 Å². The van der Waals surface area contributed by atoms with Gasteiger partial charge < -0.3 is 10.8 Å². The molecule has 98 valence electrons. The summed E-state index contributed by atoms with van der Waals surface area (Å²) in [5.74, 6) is 0.631. The predicted octanol–water partition coefficient (Wildman–Crippen LogP) is 1.53. The highest BCUT2D eigenvalue weighted by Gasteiger charge is 2.22. The number of nitrogens with zero attached hydrogens (tertiary/aromatic N) is 1. The Morgan fingerprint density at radius 1 is 1.44 bits per heavy atom. The van der Waals surface area contributed by atoms with E-state index in [4.69, 9.17) is 23.1 Å². The summed E-state index contributed by atoms with van der Waals surface area (Å²) >= 11 is 5.08. The van der Waals surface area contributed by atoms with E-state index in [2.05, 4.69) is 11.0 Å². The number of benzene rings is 1. The van der Waals surface area contributed by atoms with E-state index >= 15 is 0 Å². The Bertz CT molecular complexity index is 422. The summed E-state index contributed by atoms with van der Waals surface area (Å²) in [4.78, 5) is 2.88.